The zero-order chi connectivity index (χ0) is 20.1. The molecule has 0 bridgehead atoms. The minimum Gasteiger partial charge on any atom is -0.484 e. The molecule has 0 N–H and O–H groups in total. The lowest BCUT2D eigenvalue weighted by Gasteiger charge is -2.23. The Morgan fingerprint density at radius 1 is 1.04 bits per heavy atom. The van der Waals surface area contributed by atoms with Crippen molar-refractivity contribution in [2.75, 3.05) is 11.5 Å². The molecule has 0 atom stereocenters. The average Bonchev–Trinajstić information content (AvgIpc) is 3.18. The fraction of sp³-hybridized carbons (Fsp3) is 0.261. The van der Waals surface area contributed by atoms with Gasteiger partial charge in [-0.15, -0.1) is 11.3 Å². The third kappa shape index (κ3) is 5.20. The van der Waals surface area contributed by atoms with E-state index in [-0.39, 0.29) is 23.7 Å². The quantitative estimate of drug-likeness (QED) is 0.526. The Labute approximate surface area is 169 Å². The minimum absolute atomic E-state index is 0.0639. The molecule has 0 spiro atoms. The van der Waals surface area contributed by atoms with Gasteiger partial charge in [-0.1, -0.05) is 39.0 Å². The fourth-order valence-electron chi connectivity index (χ4n) is 2.78. The van der Waals surface area contributed by atoms with E-state index in [1.165, 1.54) is 17.7 Å². The zero-order valence-electron chi connectivity index (χ0n) is 16.3. The van der Waals surface area contributed by atoms with Crippen LogP contribution in [0, 0.1) is 5.82 Å². The number of amides is 1. The summed E-state index contributed by atoms with van der Waals surface area (Å²) in [4.78, 5) is 15.5. The first kappa shape index (κ1) is 20.1. The number of anilines is 1. The van der Waals surface area contributed by atoms with Crippen LogP contribution in [0.5, 0.6) is 5.75 Å². The van der Waals surface area contributed by atoms with Gasteiger partial charge < -0.3 is 9.64 Å². The molecule has 0 aliphatic rings. The number of hydrogen-bond donors (Lipinski definition) is 0. The molecule has 3 aromatic rings. The van der Waals surface area contributed by atoms with Crippen molar-refractivity contribution >= 4 is 22.9 Å². The largest absolute Gasteiger partial charge is 0.484 e. The maximum Gasteiger partial charge on any atom is 0.265 e. The summed E-state index contributed by atoms with van der Waals surface area (Å²) < 4.78 is 19.0. The number of nitrogens with zero attached hydrogens (tertiary/aromatic N) is 1. The number of hydrogen-bond acceptors (Lipinski definition) is 3. The Morgan fingerprint density at radius 2 is 1.71 bits per heavy atom. The lowest BCUT2D eigenvalue weighted by Crippen LogP contribution is -2.34. The van der Waals surface area contributed by atoms with E-state index < -0.39 is 0 Å². The topological polar surface area (TPSA) is 29.5 Å². The Morgan fingerprint density at radius 3 is 2.29 bits per heavy atom. The van der Waals surface area contributed by atoms with Gasteiger partial charge in [-0.2, -0.15) is 0 Å². The Kier molecular flexibility index (Phi) is 6.15. The van der Waals surface area contributed by atoms with Gasteiger partial charge >= 0.3 is 0 Å². The molecule has 3 rings (SSSR count). The van der Waals surface area contributed by atoms with E-state index in [4.69, 9.17) is 4.74 Å². The lowest BCUT2D eigenvalue weighted by atomic mass is 9.87. The van der Waals surface area contributed by atoms with Crippen LogP contribution in [-0.4, -0.2) is 12.5 Å². The van der Waals surface area contributed by atoms with E-state index in [0.29, 0.717) is 18.0 Å². The van der Waals surface area contributed by atoms with Crippen LogP contribution < -0.4 is 9.64 Å². The van der Waals surface area contributed by atoms with Crippen molar-refractivity contribution in [3.05, 3.63) is 82.3 Å². The third-order valence-electron chi connectivity index (χ3n) is 4.42. The van der Waals surface area contributed by atoms with Gasteiger partial charge in [-0.3, -0.25) is 4.79 Å². The monoisotopic (exact) mass is 397 g/mol. The van der Waals surface area contributed by atoms with E-state index in [1.807, 2.05) is 41.8 Å². The number of halogens is 1. The Hall–Kier alpha value is -2.66. The van der Waals surface area contributed by atoms with Crippen LogP contribution in [0.4, 0.5) is 10.1 Å². The molecule has 2 aromatic carbocycles. The van der Waals surface area contributed by atoms with Gasteiger partial charge in [0.25, 0.3) is 5.91 Å². The molecule has 0 aliphatic carbocycles. The highest BCUT2D eigenvalue weighted by atomic mass is 32.1. The van der Waals surface area contributed by atoms with Crippen molar-refractivity contribution < 1.29 is 13.9 Å². The van der Waals surface area contributed by atoms with Gasteiger partial charge in [0.15, 0.2) is 6.61 Å². The van der Waals surface area contributed by atoms with Gasteiger partial charge in [0.1, 0.15) is 11.6 Å². The van der Waals surface area contributed by atoms with Gasteiger partial charge in [0.2, 0.25) is 0 Å². The maximum absolute atomic E-state index is 13.3. The zero-order valence-corrected chi connectivity index (χ0v) is 17.1. The van der Waals surface area contributed by atoms with Crippen molar-refractivity contribution in [2.45, 2.75) is 32.7 Å². The third-order valence-corrected chi connectivity index (χ3v) is 5.28. The van der Waals surface area contributed by atoms with E-state index in [0.717, 1.165) is 4.88 Å². The van der Waals surface area contributed by atoms with Gasteiger partial charge in [0.05, 0.1) is 6.54 Å². The van der Waals surface area contributed by atoms with Crippen LogP contribution in [0.1, 0.15) is 31.2 Å². The van der Waals surface area contributed by atoms with Gasteiger partial charge in [0, 0.05) is 10.6 Å². The molecule has 0 saturated carbocycles. The number of carbonyl (C=O) groups is 1. The van der Waals surface area contributed by atoms with Crippen LogP contribution in [0.3, 0.4) is 0 Å². The Bertz CT molecular complexity index is 897. The first-order valence-electron chi connectivity index (χ1n) is 9.14. The lowest BCUT2D eigenvalue weighted by molar-refractivity contribution is -0.120. The van der Waals surface area contributed by atoms with Crippen LogP contribution in [-0.2, 0) is 16.8 Å². The molecule has 28 heavy (non-hydrogen) atoms. The number of thiophene rings is 1. The molecule has 3 nitrogen and oxygen atoms in total. The second kappa shape index (κ2) is 8.57. The molecule has 5 heteroatoms. The molecule has 146 valence electrons. The summed E-state index contributed by atoms with van der Waals surface area (Å²) >= 11 is 1.58. The molecule has 0 aliphatic heterocycles. The number of benzene rings is 2. The first-order valence-corrected chi connectivity index (χ1v) is 10.0. The van der Waals surface area contributed by atoms with Crippen LogP contribution >= 0.6 is 11.3 Å². The molecule has 0 saturated heterocycles. The minimum atomic E-state index is -0.331. The summed E-state index contributed by atoms with van der Waals surface area (Å²) in [5.41, 5.74) is 1.91. The average molecular weight is 398 g/mol. The standard InChI is InChI=1S/C23H24FNO2S/c1-23(2,3)17-6-12-20(13-7-17)27-16-22(26)25(15-21-5-4-14-28-21)19-10-8-18(24)9-11-19/h4-14H,15-16H2,1-3H3. The second-order valence-electron chi connectivity index (χ2n) is 7.60. The van der Waals surface area contributed by atoms with Crippen molar-refractivity contribution in [3.63, 3.8) is 0 Å². The van der Waals surface area contributed by atoms with Crippen molar-refractivity contribution in [2.24, 2.45) is 0 Å². The highest BCUT2D eigenvalue weighted by Gasteiger charge is 2.18. The summed E-state index contributed by atoms with van der Waals surface area (Å²) in [5, 5.41) is 1.97. The van der Waals surface area contributed by atoms with Gasteiger partial charge in [-0.25, -0.2) is 4.39 Å². The SMILES string of the molecule is CC(C)(C)c1ccc(OCC(=O)N(Cc2cccs2)c2ccc(F)cc2)cc1. The van der Waals surface area contributed by atoms with E-state index >= 15 is 0 Å². The number of rotatable bonds is 6. The summed E-state index contributed by atoms with van der Waals surface area (Å²) in [6.07, 6.45) is 0. The predicted octanol–water partition coefficient (Wildman–Crippen LogP) is 5.80. The van der Waals surface area contributed by atoms with Crippen LogP contribution in [0.25, 0.3) is 0 Å². The summed E-state index contributed by atoms with van der Waals surface area (Å²) in [6.45, 7) is 6.79. The molecular weight excluding hydrogens is 373 g/mol. The highest BCUT2D eigenvalue weighted by Crippen LogP contribution is 2.25. The summed E-state index contributed by atoms with van der Waals surface area (Å²) in [5.74, 6) is 0.138. The van der Waals surface area contributed by atoms with Crippen LogP contribution in [0.15, 0.2) is 66.0 Å². The summed E-state index contributed by atoms with van der Waals surface area (Å²) in [7, 11) is 0. The van der Waals surface area contributed by atoms with E-state index in [9.17, 15) is 9.18 Å². The summed E-state index contributed by atoms with van der Waals surface area (Å²) in [6, 6.07) is 17.7. The van der Waals surface area contributed by atoms with E-state index in [1.54, 1.807) is 28.4 Å². The van der Waals surface area contributed by atoms with Crippen molar-refractivity contribution in [1.29, 1.82) is 0 Å². The molecule has 1 aromatic heterocycles. The van der Waals surface area contributed by atoms with Crippen molar-refractivity contribution in [3.8, 4) is 5.75 Å². The molecule has 0 fully saturated rings. The van der Waals surface area contributed by atoms with Crippen LogP contribution in [0.2, 0.25) is 0 Å². The molecular formula is C23H24FNO2S. The van der Waals surface area contributed by atoms with E-state index in [2.05, 4.69) is 20.8 Å². The predicted molar refractivity (Wildman–Crippen MR) is 113 cm³/mol. The molecule has 1 heterocycles. The first-order chi connectivity index (χ1) is 13.3. The smallest absolute Gasteiger partial charge is 0.265 e. The Balaban J connectivity index is 1.71. The normalized spacial score (nSPS) is 11.3. The van der Waals surface area contributed by atoms with Gasteiger partial charge in [-0.05, 0) is 58.8 Å². The highest BCUT2D eigenvalue weighted by molar-refractivity contribution is 7.09. The molecule has 1 amide bonds. The second-order valence-corrected chi connectivity index (χ2v) is 8.63. The van der Waals surface area contributed by atoms with Crippen molar-refractivity contribution in [1.82, 2.24) is 0 Å². The maximum atomic E-state index is 13.3. The fourth-order valence-corrected chi connectivity index (χ4v) is 3.47. The molecule has 0 radical (unpaired) electrons. The number of carbonyl (C=O) groups excluding carboxylic acids is 1. The number of ether oxygens (including phenoxy) is 1. The molecule has 0 unspecified atom stereocenters.